The smallest absolute Gasteiger partial charge is 0.404 e. The molecule has 2 N–H and O–H groups in total. The van der Waals surface area contributed by atoms with Crippen LogP contribution < -0.4 is 10.2 Å². The van der Waals surface area contributed by atoms with Crippen molar-refractivity contribution in [1.29, 1.82) is 0 Å². The van der Waals surface area contributed by atoms with E-state index in [-0.39, 0.29) is 41.0 Å². The summed E-state index contributed by atoms with van der Waals surface area (Å²) in [6, 6.07) is 8.19. The van der Waals surface area contributed by atoms with Crippen molar-refractivity contribution >= 4 is 35.2 Å². The number of pyridine rings is 1. The summed E-state index contributed by atoms with van der Waals surface area (Å²) in [5, 5.41) is 11.5. The molecule has 0 unspecified atom stereocenters. The van der Waals surface area contributed by atoms with Gasteiger partial charge in [0.1, 0.15) is 11.6 Å². The van der Waals surface area contributed by atoms with Crippen LogP contribution in [-0.2, 0) is 4.79 Å². The number of aromatic nitrogens is 1. The van der Waals surface area contributed by atoms with Crippen molar-refractivity contribution in [3.05, 3.63) is 58.5 Å². The van der Waals surface area contributed by atoms with E-state index >= 15 is 0 Å². The Labute approximate surface area is 208 Å². The van der Waals surface area contributed by atoms with Gasteiger partial charge in [-0.25, -0.2) is 14.2 Å². The minimum atomic E-state index is -1.13. The molecule has 1 aromatic carbocycles. The first-order chi connectivity index (χ1) is 16.7. The number of nitrogens with one attached hydrogen (secondary N) is 1. The SMILES string of the molecule is CC(=O)c1ccc(N2CCC(C(=O)N3C[C@H](CNC(=O)O)[C@H](c4ccc(Cl)c(F)c4)C3)CC2)nc1. The number of nitrogens with zero attached hydrogens (tertiary/aromatic N) is 3. The largest absolute Gasteiger partial charge is 0.465 e. The average molecular weight is 503 g/mol. The molecule has 4 rings (SSSR count). The van der Waals surface area contributed by atoms with E-state index in [1.165, 1.54) is 19.1 Å². The number of benzene rings is 1. The zero-order valence-corrected chi connectivity index (χ0v) is 20.2. The molecule has 2 saturated heterocycles. The van der Waals surface area contributed by atoms with Gasteiger partial charge in [0.2, 0.25) is 5.91 Å². The highest BCUT2D eigenvalue weighted by atomic mass is 35.5. The van der Waals surface area contributed by atoms with Crippen molar-refractivity contribution < 1.29 is 23.9 Å². The van der Waals surface area contributed by atoms with Gasteiger partial charge in [-0.3, -0.25) is 9.59 Å². The molecule has 2 aliphatic rings. The molecule has 0 radical (unpaired) electrons. The first-order valence-corrected chi connectivity index (χ1v) is 12.0. The number of likely N-dealkylation sites (tertiary alicyclic amines) is 1. The van der Waals surface area contributed by atoms with Crippen LogP contribution in [0.4, 0.5) is 15.0 Å². The summed E-state index contributed by atoms with van der Waals surface area (Å²) in [5.41, 5.74) is 1.27. The molecular weight excluding hydrogens is 475 g/mol. The highest BCUT2D eigenvalue weighted by molar-refractivity contribution is 6.30. The van der Waals surface area contributed by atoms with Gasteiger partial charge in [-0.2, -0.15) is 0 Å². The monoisotopic (exact) mass is 502 g/mol. The predicted octanol–water partition coefficient (Wildman–Crippen LogP) is 3.80. The van der Waals surface area contributed by atoms with Crippen LogP contribution >= 0.6 is 11.6 Å². The summed E-state index contributed by atoms with van der Waals surface area (Å²) in [6.45, 7) is 3.83. The Morgan fingerprint density at radius 1 is 1.17 bits per heavy atom. The molecule has 10 heteroatoms. The first kappa shape index (κ1) is 24.9. The van der Waals surface area contributed by atoms with Crippen molar-refractivity contribution in [2.24, 2.45) is 11.8 Å². The zero-order valence-electron chi connectivity index (χ0n) is 19.4. The van der Waals surface area contributed by atoms with Gasteiger partial charge in [-0.05, 0) is 49.6 Å². The Morgan fingerprint density at radius 2 is 1.91 bits per heavy atom. The molecule has 2 fully saturated rings. The maximum atomic E-state index is 14.1. The average Bonchev–Trinajstić information content (AvgIpc) is 3.28. The number of carbonyl (C=O) groups is 3. The van der Waals surface area contributed by atoms with Crippen LogP contribution in [0.25, 0.3) is 0 Å². The number of rotatable bonds is 6. The lowest BCUT2D eigenvalue weighted by atomic mass is 9.89. The number of ketones is 1. The number of piperidine rings is 1. The number of carbonyl (C=O) groups excluding carboxylic acids is 2. The zero-order chi connectivity index (χ0) is 25.1. The minimum Gasteiger partial charge on any atom is -0.465 e. The number of halogens is 2. The van der Waals surface area contributed by atoms with Gasteiger partial charge in [-0.15, -0.1) is 0 Å². The van der Waals surface area contributed by atoms with Crippen LogP contribution in [0.1, 0.15) is 41.6 Å². The molecule has 0 spiro atoms. The Kier molecular flexibility index (Phi) is 7.54. The predicted molar refractivity (Wildman–Crippen MR) is 129 cm³/mol. The standard InChI is InChI=1S/C25H28ClFN4O4/c1-15(32)18-3-5-23(28-11-18)30-8-6-16(7-9-30)24(33)31-13-19(12-29-25(34)35)20(14-31)17-2-4-21(26)22(27)10-17/h2-5,10-11,16,19-20,29H,6-9,12-14H2,1H3,(H,34,35)/t19-,20-/m0/s1. The topological polar surface area (TPSA) is 103 Å². The molecule has 2 aliphatic heterocycles. The van der Waals surface area contributed by atoms with E-state index in [9.17, 15) is 18.8 Å². The van der Waals surface area contributed by atoms with E-state index in [1.807, 2.05) is 6.07 Å². The molecular formula is C25H28ClFN4O4. The third-order valence-electron chi connectivity index (χ3n) is 6.96. The molecule has 8 nitrogen and oxygen atoms in total. The molecule has 1 aromatic heterocycles. The summed E-state index contributed by atoms with van der Waals surface area (Å²) < 4.78 is 14.1. The van der Waals surface area contributed by atoms with Crippen molar-refractivity contribution in [3.8, 4) is 0 Å². The lowest BCUT2D eigenvalue weighted by molar-refractivity contribution is -0.135. The summed E-state index contributed by atoms with van der Waals surface area (Å²) in [6.07, 6.45) is 1.78. The molecule has 186 valence electrons. The first-order valence-electron chi connectivity index (χ1n) is 11.7. The fourth-order valence-corrected chi connectivity index (χ4v) is 5.11. The van der Waals surface area contributed by atoms with Crippen LogP contribution in [0.5, 0.6) is 0 Å². The van der Waals surface area contributed by atoms with Crippen LogP contribution in [0.3, 0.4) is 0 Å². The quantitative estimate of drug-likeness (QED) is 0.582. The highest BCUT2D eigenvalue weighted by Crippen LogP contribution is 2.35. The molecule has 2 aromatic rings. The van der Waals surface area contributed by atoms with Crippen LogP contribution in [-0.4, -0.2) is 65.5 Å². The maximum absolute atomic E-state index is 14.1. The van der Waals surface area contributed by atoms with Crippen LogP contribution in [0.2, 0.25) is 5.02 Å². The number of anilines is 1. The summed E-state index contributed by atoms with van der Waals surface area (Å²) in [7, 11) is 0. The van der Waals surface area contributed by atoms with E-state index in [2.05, 4.69) is 15.2 Å². The van der Waals surface area contributed by atoms with E-state index in [0.29, 0.717) is 50.1 Å². The van der Waals surface area contributed by atoms with Crippen molar-refractivity contribution in [3.63, 3.8) is 0 Å². The Balaban J connectivity index is 1.40. The van der Waals surface area contributed by atoms with Gasteiger partial charge in [-0.1, -0.05) is 17.7 Å². The van der Waals surface area contributed by atoms with Gasteiger partial charge >= 0.3 is 6.09 Å². The van der Waals surface area contributed by atoms with Gasteiger partial charge < -0.3 is 20.2 Å². The number of hydrogen-bond acceptors (Lipinski definition) is 5. The number of hydrogen-bond donors (Lipinski definition) is 2. The molecule has 35 heavy (non-hydrogen) atoms. The molecule has 0 aliphatic carbocycles. The summed E-state index contributed by atoms with van der Waals surface area (Å²) >= 11 is 5.83. The maximum Gasteiger partial charge on any atom is 0.404 e. The van der Waals surface area contributed by atoms with E-state index in [4.69, 9.17) is 16.7 Å². The second kappa shape index (κ2) is 10.6. The fraction of sp³-hybridized carbons (Fsp3) is 0.440. The summed E-state index contributed by atoms with van der Waals surface area (Å²) in [5.74, 6) is -0.238. The lowest BCUT2D eigenvalue weighted by Gasteiger charge is -2.34. The summed E-state index contributed by atoms with van der Waals surface area (Å²) in [4.78, 5) is 44.2. The third kappa shape index (κ3) is 5.73. The molecule has 3 heterocycles. The van der Waals surface area contributed by atoms with Crippen LogP contribution in [0, 0.1) is 17.7 Å². The van der Waals surface area contributed by atoms with Crippen molar-refractivity contribution in [2.75, 3.05) is 37.6 Å². The number of amides is 2. The molecule has 0 saturated carbocycles. The normalized spacial score (nSPS) is 20.7. The van der Waals surface area contributed by atoms with Gasteiger partial charge in [0.05, 0.1) is 5.02 Å². The van der Waals surface area contributed by atoms with E-state index < -0.39 is 11.9 Å². The molecule has 2 atom stereocenters. The van der Waals surface area contributed by atoms with Crippen LogP contribution in [0.15, 0.2) is 36.5 Å². The lowest BCUT2D eigenvalue weighted by Crippen LogP contribution is -2.42. The van der Waals surface area contributed by atoms with Gasteiger partial charge in [0.15, 0.2) is 5.78 Å². The van der Waals surface area contributed by atoms with Crippen molar-refractivity contribution in [1.82, 2.24) is 15.2 Å². The molecule has 0 bridgehead atoms. The fourth-order valence-electron chi connectivity index (χ4n) is 4.99. The van der Waals surface area contributed by atoms with E-state index in [0.717, 1.165) is 5.82 Å². The van der Waals surface area contributed by atoms with Crippen molar-refractivity contribution in [2.45, 2.75) is 25.7 Å². The second-order valence-corrected chi connectivity index (χ2v) is 9.60. The Morgan fingerprint density at radius 3 is 2.51 bits per heavy atom. The Hall–Kier alpha value is -3.20. The van der Waals surface area contributed by atoms with Gasteiger partial charge in [0, 0.05) is 62.2 Å². The molecule has 2 amide bonds. The highest BCUT2D eigenvalue weighted by Gasteiger charge is 2.39. The van der Waals surface area contributed by atoms with E-state index in [1.54, 1.807) is 23.2 Å². The second-order valence-electron chi connectivity index (χ2n) is 9.19. The number of Topliss-reactive ketones (excluding diaryl/α,β-unsaturated/α-hetero) is 1. The minimum absolute atomic E-state index is 0.0251. The Bertz CT molecular complexity index is 1110. The third-order valence-corrected chi connectivity index (χ3v) is 7.27. The van der Waals surface area contributed by atoms with Gasteiger partial charge in [0.25, 0.3) is 0 Å². The number of carboxylic acid groups (broad SMARTS) is 1.